The van der Waals surface area contributed by atoms with Gasteiger partial charge in [0, 0.05) is 5.54 Å². The van der Waals surface area contributed by atoms with Crippen molar-refractivity contribution in [1.29, 1.82) is 0 Å². The van der Waals surface area contributed by atoms with Crippen LogP contribution in [-0.4, -0.2) is 34.4 Å². The second-order valence-electron chi connectivity index (χ2n) is 5.20. The van der Waals surface area contributed by atoms with E-state index in [0.717, 1.165) is 25.7 Å². The second kappa shape index (κ2) is 5.64. The molecule has 0 amide bonds. The molecule has 1 rings (SSSR count). The lowest BCUT2D eigenvalue weighted by Crippen LogP contribution is -2.58. The molecule has 1 fully saturated rings. The number of carboxylic acids is 1. The van der Waals surface area contributed by atoms with Gasteiger partial charge in [0.1, 0.15) is 6.04 Å². The maximum Gasteiger partial charge on any atom is 0.320 e. The van der Waals surface area contributed by atoms with Gasteiger partial charge in [0.05, 0.1) is 6.61 Å². The zero-order valence-corrected chi connectivity index (χ0v) is 10.2. The van der Waals surface area contributed by atoms with Crippen molar-refractivity contribution in [3.8, 4) is 0 Å². The Labute approximate surface area is 97.0 Å². The lowest BCUT2D eigenvalue weighted by molar-refractivity contribution is -0.141. The Morgan fingerprint density at radius 2 is 1.88 bits per heavy atom. The summed E-state index contributed by atoms with van der Waals surface area (Å²) < 4.78 is 0. The van der Waals surface area contributed by atoms with Gasteiger partial charge in [-0.2, -0.15) is 0 Å². The van der Waals surface area contributed by atoms with Gasteiger partial charge in [-0.05, 0) is 18.8 Å². The van der Waals surface area contributed by atoms with Crippen LogP contribution in [0.15, 0.2) is 0 Å². The Hall–Kier alpha value is -0.610. The van der Waals surface area contributed by atoms with Crippen LogP contribution in [0.4, 0.5) is 0 Å². The Morgan fingerprint density at radius 3 is 2.25 bits per heavy atom. The van der Waals surface area contributed by atoms with Crippen LogP contribution in [0.5, 0.6) is 0 Å². The molecule has 0 aliphatic heterocycles. The van der Waals surface area contributed by atoms with Crippen molar-refractivity contribution in [3.05, 3.63) is 0 Å². The van der Waals surface area contributed by atoms with Crippen LogP contribution in [-0.2, 0) is 4.79 Å². The van der Waals surface area contributed by atoms with Crippen LogP contribution >= 0.6 is 0 Å². The highest BCUT2D eigenvalue weighted by molar-refractivity contribution is 5.73. The van der Waals surface area contributed by atoms with Crippen LogP contribution in [0.2, 0.25) is 0 Å². The molecule has 1 unspecified atom stereocenters. The lowest BCUT2D eigenvalue weighted by atomic mass is 9.81. The van der Waals surface area contributed by atoms with Crippen molar-refractivity contribution in [3.63, 3.8) is 0 Å². The van der Waals surface area contributed by atoms with E-state index < -0.39 is 12.0 Å². The number of hydrogen-bond donors (Lipinski definition) is 3. The highest BCUT2D eigenvalue weighted by atomic mass is 16.4. The predicted molar refractivity (Wildman–Crippen MR) is 62.3 cm³/mol. The summed E-state index contributed by atoms with van der Waals surface area (Å²) >= 11 is 0. The number of hydrogen-bond acceptors (Lipinski definition) is 3. The van der Waals surface area contributed by atoms with E-state index >= 15 is 0 Å². The third-order valence-corrected chi connectivity index (χ3v) is 3.51. The number of aliphatic hydroxyl groups is 1. The molecule has 0 aromatic rings. The molecule has 94 valence electrons. The van der Waals surface area contributed by atoms with Crippen LogP contribution in [0.25, 0.3) is 0 Å². The molecule has 1 aliphatic rings. The molecule has 4 nitrogen and oxygen atoms in total. The summed E-state index contributed by atoms with van der Waals surface area (Å²) in [6.45, 7) is 3.81. The SMILES string of the molecule is CC(C)C(NC1(CO)CCCCC1)C(=O)O. The van der Waals surface area contributed by atoms with Gasteiger partial charge in [-0.1, -0.05) is 33.1 Å². The summed E-state index contributed by atoms with van der Waals surface area (Å²) in [4.78, 5) is 11.1. The average Bonchev–Trinajstić information content (AvgIpc) is 2.26. The maximum atomic E-state index is 11.1. The van der Waals surface area contributed by atoms with Crippen LogP contribution in [0, 0.1) is 5.92 Å². The zero-order valence-electron chi connectivity index (χ0n) is 10.2. The van der Waals surface area contributed by atoms with Crippen molar-refractivity contribution >= 4 is 5.97 Å². The average molecular weight is 229 g/mol. The molecule has 3 N–H and O–H groups in total. The van der Waals surface area contributed by atoms with Gasteiger partial charge < -0.3 is 10.2 Å². The van der Waals surface area contributed by atoms with Crippen molar-refractivity contribution in [1.82, 2.24) is 5.32 Å². The molecule has 0 aromatic carbocycles. The Morgan fingerprint density at radius 1 is 1.31 bits per heavy atom. The minimum absolute atomic E-state index is 0.0304. The number of carbonyl (C=O) groups is 1. The van der Waals surface area contributed by atoms with Gasteiger partial charge in [0.25, 0.3) is 0 Å². The number of nitrogens with one attached hydrogen (secondary N) is 1. The summed E-state index contributed by atoms with van der Waals surface area (Å²) in [5.74, 6) is -0.795. The minimum atomic E-state index is -0.826. The van der Waals surface area contributed by atoms with Crippen molar-refractivity contribution < 1.29 is 15.0 Å². The van der Waals surface area contributed by atoms with Gasteiger partial charge >= 0.3 is 5.97 Å². The third kappa shape index (κ3) is 3.19. The maximum absolute atomic E-state index is 11.1. The number of carboxylic acid groups (broad SMARTS) is 1. The fourth-order valence-electron chi connectivity index (χ4n) is 2.42. The van der Waals surface area contributed by atoms with E-state index in [1.165, 1.54) is 6.42 Å². The van der Waals surface area contributed by atoms with Gasteiger partial charge in [-0.3, -0.25) is 10.1 Å². The molecule has 1 saturated carbocycles. The van der Waals surface area contributed by atoms with E-state index in [1.807, 2.05) is 13.8 Å². The summed E-state index contributed by atoms with van der Waals surface area (Å²) in [5.41, 5.74) is -0.369. The predicted octanol–water partition coefficient (Wildman–Crippen LogP) is 1.38. The van der Waals surface area contributed by atoms with E-state index in [4.69, 9.17) is 5.11 Å². The van der Waals surface area contributed by atoms with Crippen LogP contribution in [0.1, 0.15) is 46.0 Å². The molecule has 1 atom stereocenters. The lowest BCUT2D eigenvalue weighted by Gasteiger charge is -2.39. The molecule has 0 radical (unpaired) electrons. The zero-order chi connectivity index (χ0) is 12.2. The summed E-state index contributed by atoms with van der Waals surface area (Å²) in [7, 11) is 0. The highest BCUT2D eigenvalue weighted by Crippen LogP contribution is 2.28. The molecule has 4 heteroatoms. The van der Waals surface area contributed by atoms with Gasteiger partial charge in [-0.25, -0.2) is 0 Å². The topological polar surface area (TPSA) is 69.6 Å². The van der Waals surface area contributed by atoms with Crippen molar-refractivity contribution in [2.75, 3.05) is 6.61 Å². The number of rotatable bonds is 5. The summed E-state index contributed by atoms with van der Waals surface area (Å²) in [6, 6.07) is -0.565. The summed E-state index contributed by atoms with van der Waals surface area (Å²) in [6.07, 6.45) is 5.07. The van der Waals surface area contributed by atoms with Crippen LogP contribution < -0.4 is 5.32 Å². The molecule has 16 heavy (non-hydrogen) atoms. The molecule has 0 bridgehead atoms. The van der Waals surface area contributed by atoms with Crippen LogP contribution in [0.3, 0.4) is 0 Å². The Bertz CT molecular complexity index is 234. The Balaban J connectivity index is 2.69. The van der Waals surface area contributed by atoms with Gasteiger partial charge in [-0.15, -0.1) is 0 Å². The third-order valence-electron chi connectivity index (χ3n) is 3.51. The molecule has 0 spiro atoms. The fourth-order valence-corrected chi connectivity index (χ4v) is 2.42. The molecule has 0 aromatic heterocycles. The van der Waals surface area contributed by atoms with E-state index in [-0.39, 0.29) is 18.1 Å². The molecular formula is C12H23NO3. The quantitative estimate of drug-likeness (QED) is 0.666. The van der Waals surface area contributed by atoms with E-state index in [9.17, 15) is 9.90 Å². The molecule has 0 heterocycles. The first-order valence-electron chi connectivity index (χ1n) is 6.12. The van der Waals surface area contributed by atoms with Crippen molar-refractivity contribution in [2.24, 2.45) is 5.92 Å². The largest absolute Gasteiger partial charge is 0.480 e. The fraction of sp³-hybridized carbons (Fsp3) is 0.917. The highest BCUT2D eigenvalue weighted by Gasteiger charge is 2.36. The smallest absolute Gasteiger partial charge is 0.320 e. The summed E-state index contributed by atoms with van der Waals surface area (Å²) in [5, 5.41) is 21.8. The van der Waals surface area contributed by atoms with Gasteiger partial charge in [0.2, 0.25) is 0 Å². The Kier molecular flexibility index (Phi) is 4.74. The molecule has 0 saturated heterocycles. The minimum Gasteiger partial charge on any atom is -0.480 e. The first kappa shape index (κ1) is 13.5. The molecule has 1 aliphatic carbocycles. The first-order chi connectivity index (χ1) is 7.51. The normalized spacial score (nSPS) is 22.0. The number of aliphatic hydroxyl groups excluding tert-OH is 1. The van der Waals surface area contributed by atoms with E-state index in [0.29, 0.717) is 0 Å². The van der Waals surface area contributed by atoms with Gasteiger partial charge in [0.15, 0.2) is 0 Å². The van der Waals surface area contributed by atoms with E-state index in [1.54, 1.807) is 0 Å². The van der Waals surface area contributed by atoms with E-state index in [2.05, 4.69) is 5.32 Å². The standard InChI is InChI=1S/C12H23NO3/c1-9(2)10(11(15)16)13-12(8-14)6-4-3-5-7-12/h9-10,13-14H,3-8H2,1-2H3,(H,15,16). The monoisotopic (exact) mass is 229 g/mol. The van der Waals surface area contributed by atoms with Crippen molar-refractivity contribution in [2.45, 2.75) is 57.5 Å². The molecular weight excluding hydrogens is 206 g/mol. The second-order valence-corrected chi connectivity index (χ2v) is 5.20. The first-order valence-corrected chi connectivity index (χ1v) is 6.12. The number of aliphatic carboxylic acids is 1.